The fourth-order valence-electron chi connectivity index (χ4n) is 1.83. The van der Waals surface area contributed by atoms with E-state index in [9.17, 15) is 16.8 Å². The standard InChI is InChI=1S/C10H12O2.C6H15NO5S.C2H7NO4S/c1-2-4-9(5-3-1)6-11-7-10-8-12-10;1-2-6(8)5-7-3-4-12-13(9,10)11;3-1-2-7-8(4,5)6/h1-5,10H,6-8H2;6-8H,2-5H2,1H3,(H,9,10,11);1-3H2,(H,4,5,6)/t10-;6-;/m00./s1. The molecule has 33 heavy (non-hydrogen) atoms. The number of epoxide rings is 1. The van der Waals surface area contributed by atoms with E-state index >= 15 is 0 Å². The van der Waals surface area contributed by atoms with Crippen molar-refractivity contribution in [1.29, 1.82) is 0 Å². The fraction of sp³-hybridized carbons (Fsp3) is 0.667. The summed E-state index contributed by atoms with van der Waals surface area (Å²) in [4.78, 5) is 0. The quantitative estimate of drug-likeness (QED) is 0.120. The lowest BCUT2D eigenvalue weighted by Gasteiger charge is -2.08. The number of aliphatic hydroxyl groups is 1. The van der Waals surface area contributed by atoms with Crippen LogP contribution >= 0.6 is 0 Å². The van der Waals surface area contributed by atoms with Crippen LogP contribution in [0.3, 0.4) is 0 Å². The van der Waals surface area contributed by atoms with Crippen LogP contribution in [0.1, 0.15) is 18.9 Å². The molecule has 0 unspecified atom stereocenters. The van der Waals surface area contributed by atoms with E-state index in [-0.39, 0.29) is 26.3 Å². The average Bonchev–Trinajstić information content (AvgIpc) is 3.56. The van der Waals surface area contributed by atoms with E-state index < -0.39 is 26.9 Å². The number of rotatable bonds is 14. The number of benzene rings is 1. The Hall–Kier alpha value is -1.24. The van der Waals surface area contributed by atoms with Gasteiger partial charge < -0.3 is 25.6 Å². The summed E-state index contributed by atoms with van der Waals surface area (Å²) in [6.07, 6.45) is 0.561. The second kappa shape index (κ2) is 18.1. The van der Waals surface area contributed by atoms with Gasteiger partial charge in [0.05, 0.1) is 39.1 Å². The Kier molecular flexibility index (Phi) is 17.5. The molecule has 1 heterocycles. The number of ether oxygens (including phenoxy) is 2. The van der Waals surface area contributed by atoms with Crippen molar-refractivity contribution in [2.24, 2.45) is 5.73 Å². The molecular formula is C18H34N2O11S2. The molecule has 0 aliphatic carbocycles. The van der Waals surface area contributed by atoms with E-state index in [4.69, 9.17) is 29.4 Å². The Morgan fingerprint density at radius 3 is 2.15 bits per heavy atom. The molecular weight excluding hydrogens is 484 g/mol. The van der Waals surface area contributed by atoms with Crippen molar-refractivity contribution in [2.45, 2.75) is 32.2 Å². The maximum absolute atomic E-state index is 10.0. The summed E-state index contributed by atoms with van der Waals surface area (Å²) < 4.78 is 73.7. The van der Waals surface area contributed by atoms with E-state index in [1.807, 2.05) is 25.1 Å². The predicted octanol–water partition coefficient (Wildman–Crippen LogP) is -0.467. The molecule has 194 valence electrons. The van der Waals surface area contributed by atoms with Crippen LogP contribution in [0.15, 0.2) is 30.3 Å². The normalized spacial score (nSPS) is 16.1. The molecule has 0 radical (unpaired) electrons. The maximum atomic E-state index is 10.0. The highest BCUT2D eigenvalue weighted by Crippen LogP contribution is 2.10. The van der Waals surface area contributed by atoms with E-state index in [0.29, 0.717) is 25.7 Å². The van der Waals surface area contributed by atoms with Gasteiger partial charge in [0.2, 0.25) is 0 Å². The van der Waals surface area contributed by atoms with E-state index in [2.05, 4.69) is 25.8 Å². The van der Waals surface area contributed by atoms with Crippen molar-refractivity contribution >= 4 is 20.8 Å². The largest absolute Gasteiger partial charge is 0.397 e. The highest BCUT2D eigenvalue weighted by Gasteiger charge is 2.22. The van der Waals surface area contributed by atoms with Gasteiger partial charge in [-0.3, -0.25) is 9.11 Å². The summed E-state index contributed by atoms with van der Waals surface area (Å²) in [6, 6.07) is 10.2. The summed E-state index contributed by atoms with van der Waals surface area (Å²) in [6.45, 7) is 4.52. The van der Waals surface area contributed by atoms with Crippen molar-refractivity contribution in [3.8, 4) is 0 Å². The summed E-state index contributed by atoms with van der Waals surface area (Å²) in [5.74, 6) is 0. The van der Waals surface area contributed by atoms with E-state index in [1.54, 1.807) is 0 Å². The molecule has 0 bridgehead atoms. The van der Waals surface area contributed by atoms with Gasteiger partial charge in [-0.25, -0.2) is 8.37 Å². The first-order valence-electron chi connectivity index (χ1n) is 10.0. The fourth-order valence-corrected chi connectivity index (χ4v) is 2.43. The molecule has 0 spiro atoms. The Morgan fingerprint density at radius 2 is 1.70 bits per heavy atom. The molecule has 1 saturated heterocycles. The molecule has 1 aromatic rings. The molecule has 1 aliphatic heterocycles. The first-order valence-corrected chi connectivity index (χ1v) is 12.8. The van der Waals surface area contributed by atoms with Crippen molar-refractivity contribution < 1.29 is 48.9 Å². The molecule has 1 aromatic carbocycles. The third-order valence-corrected chi connectivity index (χ3v) is 4.46. The van der Waals surface area contributed by atoms with Crippen LogP contribution in [0, 0.1) is 0 Å². The van der Waals surface area contributed by atoms with Gasteiger partial charge in [0, 0.05) is 19.6 Å². The van der Waals surface area contributed by atoms with Gasteiger partial charge in [-0.05, 0) is 12.0 Å². The minimum absolute atomic E-state index is 0.0692. The van der Waals surface area contributed by atoms with Crippen molar-refractivity contribution in [3.63, 3.8) is 0 Å². The summed E-state index contributed by atoms with van der Waals surface area (Å²) in [5.41, 5.74) is 6.06. The van der Waals surface area contributed by atoms with Crippen LogP contribution in [0.25, 0.3) is 0 Å². The number of nitrogens with one attached hydrogen (secondary N) is 1. The SMILES string of the molecule is CC[C@H](O)CNCCOS(=O)(=O)O.NCCOS(=O)(=O)O.c1ccc(COC[C@H]2CO2)cc1. The Morgan fingerprint density at radius 1 is 1.12 bits per heavy atom. The zero-order valence-corrected chi connectivity index (χ0v) is 20.0. The molecule has 2 atom stereocenters. The zero-order chi connectivity index (χ0) is 25.2. The minimum atomic E-state index is -4.33. The summed E-state index contributed by atoms with van der Waals surface area (Å²) in [5, 5.41) is 11.8. The number of hydrogen-bond acceptors (Lipinski definition) is 11. The topological polar surface area (TPSA) is 207 Å². The lowest BCUT2D eigenvalue weighted by Crippen LogP contribution is -2.29. The molecule has 6 N–H and O–H groups in total. The molecule has 15 heteroatoms. The number of aliphatic hydroxyl groups excluding tert-OH is 1. The van der Waals surface area contributed by atoms with Gasteiger partial charge in [0.15, 0.2) is 0 Å². The zero-order valence-electron chi connectivity index (χ0n) is 18.4. The first kappa shape index (κ1) is 31.8. The monoisotopic (exact) mass is 518 g/mol. The Bertz CT molecular complexity index is 804. The van der Waals surface area contributed by atoms with Gasteiger partial charge in [0.1, 0.15) is 6.10 Å². The number of nitrogens with two attached hydrogens (primary N) is 1. The average molecular weight is 519 g/mol. The van der Waals surface area contributed by atoms with Crippen LogP contribution in [0.5, 0.6) is 0 Å². The van der Waals surface area contributed by atoms with Crippen LogP contribution in [-0.2, 0) is 45.2 Å². The molecule has 1 fully saturated rings. The molecule has 1 aliphatic rings. The molecule has 2 rings (SSSR count). The Balaban J connectivity index is 0.000000480. The van der Waals surface area contributed by atoms with Crippen LogP contribution in [0.2, 0.25) is 0 Å². The van der Waals surface area contributed by atoms with Gasteiger partial charge in [-0.15, -0.1) is 0 Å². The Labute approximate surface area is 195 Å². The van der Waals surface area contributed by atoms with Gasteiger partial charge >= 0.3 is 20.8 Å². The third kappa shape index (κ3) is 25.2. The third-order valence-electron chi connectivity index (χ3n) is 3.53. The smallest absolute Gasteiger partial charge is 0.392 e. The lowest BCUT2D eigenvalue weighted by atomic mass is 10.2. The molecule has 13 nitrogen and oxygen atoms in total. The van der Waals surface area contributed by atoms with Crippen molar-refractivity contribution in [1.82, 2.24) is 5.32 Å². The first-order chi connectivity index (χ1) is 15.5. The lowest BCUT2D eigenvalue weighted by molar-refractivity contribution is 0.104. The van der Waals surface area contributed by atoms with Crippen LogP contribution < -0.4 is 11.1 Å². The minimum Gasteiger partial charge on any atom is -0.392 e. The van der Waals surface area contributed by atoms with Gasteiger partial charge in [0.25, 0.3) is 0 Å². The molecule has 0 saturated carbocycles. The highest BCUT2D eigenvalue weighted by molar-refractivity contribution is 7.81. The molecule has 0 aromatic heterocycles. The second-order valence-electron chi connectivity index (χ2n) is 6.51. The van der Waals surface area contributed by atoms with Crippen LogP contribution in [0.4, 0.5) is 0 Å². The predicted molar refractivity (Wildman–Crippen MR) is 119 cm³/mol. The van der Waals surface area contributed by atoms with Crippen molar-refractivity contribution in [3.05, 3.63) is 35.9 Å². The van der Waals surface area contributed by atoms with Gasteiger partial charge in [-0.2, -0.15) is 16.8 Å². The number of hydrogen-bond donors (Lipinski definition) is 5. The van der Waals surface area contributed by atoms with Crippen LogP contribution in [-0.4, -0.2) is 89.3 Å². The summed E-state index contributed by atoms with van der Waals surface area (Å²) in [7, 11) is -8.60. The maximum Gasteiger partial charge on any atom is 0.397 e. The molecule has 0 amide bonds. The van der Waals surface area contributed by atoms with Gasteiger partial charge in [-0.1, -0.05) is 37.3 Å². The second-order valence-corrected chi connectivity index (χ2v) is 8.69. The van der Waals surface area contributed by atoms with E-state index in [0.717, 1.165) is 13.2 Å². The van der Waals surface area contributed by atoms with Crippen molar-refractivity contribution in [2.75, 3.05) is 46.1 Å². The summed E-state index contributed by atoms with van der Waals surface area (Å²) >= 11 is 0. The highest BCUT2D eigenvalue weighted by atomic mass is 32.3. The van der Waals surface area contributed by atoms with E-state index in [1.165, 1.54) is 5.56 Å².